The van der Waals surface area contributed by atoms with Crippen LogP contribution < -0.4 is 10.6 Å². The van der Waals surface area contributed by atoms with Crippen LogP contribution >= 0.6 is 40.1 Å². The van der Waals surface area contributed by atoms with Crippen LogP contribution in [-0.4, -0.2) is 30.8 Å². The molecule has 1 unspecified atom stereocenters. The molecule has 1 heterocycles. The van der Waals surface area contributed by atoms with E-state index in [1.807, 2.05) is 12.1 Å². The average molecular weight is 366 g/mol. The van der Waals surface area contributed by atoms with Gasteiger partial charge in [0.1, 0.15) is 0 Å². The summed E-state index contributed by atoms with van der Waals surface area (Å²) in [6.45, 7) is 4.49. The van der Waals surface area contributed by atoms with Gasteiger partial charge in [0.15, 0.2) is 0 Å². The van der Waals surface area contributed by atoms with Crippen LogP contribution in [0.5, 0.6) is 0 Å². The van der Waals surface area contributed by atoms with Crippen molar-refractivity contribution in [1.82, 2.24) is 10.6 Å². The molecule has 1 aliphatic rings. The number of carbonyl (C=O) groups excluding carboxylic acids is 1. The first-order valence-corrected chi connectivity index (χ1v) is 7.73. The zero-order valence-corrected chi connectivity index (χ0v) is 13.9. The van der Waals surface area contributed by atoms with Crippen LogP contribution in [0.2, 0.25) is 0 Å². The quantitative estimate of drug-likeness (QED) is 0.788. The summed E-state index contributed by atoms with van der Waals surface area (Å²) < 4.78 is 1.09. The van der Waals surface area contributed by atoms with Crippen LogP contribution in [0.1, 0.15) is 6.92 Å². The number of hydrogen-bond acceptors (Lipinski definition) is 3. The molecule has 0 spiro atoms. The highest BCUT2D eigenvalue weighted by atomic mass is 79.9. The molecule has 1 aliphatic heterocycles. The summed E-state index contributed by atoms with van der Waals surface area (Å²) >= 11 is 5.20. The molecular formula is C13H18BrClN2OS. The number of benzene rings is 1. The molecule has 0 saturated carbocycles. The van der Waals surface area contributed by atoms with Crippen molar-refractivity contribution in [2.75, 3.05) is 19.6 Å². The van der Waals surface area contributed by atoms with E-state index in [0.29, 0.717) is 5.25 Å². The van der Waals surface area contributed by atoms with Gasteiger partial charge in [-0.15, -0.1) is 24.2 Å². The summed E-state index contributed by atoms with van der Waals surface area (Å²) in [6, 6.07) is 8.24. The van der Waals surface area contributed by atoms with Crippen molar-refractivity contribution >= 4 is 46.0 Å². The van der Waals surface area contributed by atoms with E-state index in [2.05, 4.69) is 45.6 Å². The van der Waals surface area contributed by atoms with E-state index >= 15 is 0 Å². The Labute approximate surface area is 132 Å². The fraction of sp³-hybridized carbons (Fsp3) is 0.462. The minimum Gasteiger partial charge on any atom is -0.355 e. The third-order valence-electron chi connectivity index (χ3n) is 2.87. The van der Waals surface area contributed by atoms with Crippen LogP contribution in [0.25, 0.3) is 0 Å². The molecule has 106 valence electrons. The first kappa shape index (κ1) is 16.8. The van der Waals surface area contributed by atoms with Gasteiger partial charge < -0.3 is 10.6 Å². The van der Waals surface area contributed by atoms with Gasteiger partial charge in [-0.2, -0.15) is 0 Å². The third-order valence-corrected chi connectivity index (χ3v) is 4.51. The van der Waals surface area contributed by atoms with E-state index in [9.17, 15) is 4.79 Å². The molecule has 1 aromatic rings. The molecule has 6 heteroatoms. The van der Waals surface area contributed by atoms with Gasteiger partial charge in [-0.1, -0.05) is 22.9 Å². The van der Waals surface area contributed by atoms with Crippen molar-refractivity contribution < 1.29 is 4.79 Å². The Morgan fingerprint density at radius 1 is 1.47 bits per heavy atom. The highest BCUT2D eigenvalue weighted by Gasteiger charge is 2.24. The summed E-state index contributed by atoms with van der Waals surface area (Å²) in [7, 11) is 0. The molecule has 2 rings (SSSR count). The van der Waals surface area contributed by atoms with Crippen LogP contribution in [0, 0.1) is 5.92 Å². The van der Waals surface area contributed by atoms with Crippen molar-refractivity contribution in [2.45, 2.75) is 17.1 Å². The van der Waals surface area contributed by atoms with Crippen molar-refractivity contribution in [3.63, 3.8) is 0 Å². The molecule has 3 nitrogen and oxygen atoms in total. The molecule has 1 fully saturated rings. The molecule has 0 aliphatic carbocycles. The standard InChI is InChI=1S/C13H17BrN2OS.ClH/c1-9(6-16-13(17)10-7-15-8-10)18-12-4-2-11(14)3-5-12;/h2-5,9-10,15H,6-8H2,1H3,(H,16,17);1H. The van der Waals surface area contributed by atoms with Gasteiger partial charge in [0.25, 0.3) is 0 Å². The third kappa shape index (κ3) is 5.34. The maximum Gasteiger partial charge on any atom is 0.225 e. The zero-order chi connectivity index (χ0) is 13.0. The molecule has 1 amide bonds. The first-order valence-electron chi connectivity index (χ1n) is 6.06. The lowest BCUT2D eigenvalue weighted by Crippen LogP contribution is -2.51. The van der Waals surface area contributed by atoms with Crippen LogP contribution in [-0.2, 0) is 4.79 Å². The highest BCUT2D eigenvalue weighted by Crippen LogP contribution is 2.24. The second kappa shape index (κ2) is 8.15. The predicted octanol–water partition coefficient (Wildman–Crippen LogP) is 2.69. The lowest BCUT2D eigenvalue weighted by atomic mass is 10.0. The fourth-order valence-corrected chi connectivity index (χ4v) is 2.84. The van der Waals surface area contributed by atoms with Gasteiger partial charge in [0.05, 0.1) is 5.92 Å². The Balaban J connectivity index is 0.00000180. The molecule has 0 radical (unpaired) electrons. The van der Waals surface area contributed by atoms with E-state index in [0.717, 1.165) is 24.1 Å². The highest BCUT2D eigenvalue weighted by molar-refractivity contribution is 9.10. The molecule has 0 bridgehead atoms. The number of thioether (sulfide) groups is 1. The van der Waals surface area contributed by atoms with Crippen molar-refractivity contribution in [3.05, 3.63) is 28.7 Å². The summed E-state index contributed by atoms with van der Waals surface area (Å²) in [5, 5.41) is 6.49. The largest absolute Gasteiger partial charge is 0.355 e. The average Bonchev–Trinajstić information content (AvgIpc) is 2.27. The monoisotopic (exact) mass is 364 g/mol. The molecular weight excluding hydrogens is 348 g/mol. The Hall–Kier alpha value is -0.230. The Bertz CT molecular complexity index is 412. The van der Waals surface area contributed by atoms with Gasteiger partial charge >= 0.3 is 0 Å². The van der Waals surface area contributed by atoms with Crippen LogP contribution in [0.4, 0.5) is 0 Å². The van der Waals surface area contributed by atoms with Gasteiger partial charge in [-0.3, -0.25) is 4.79 Å². The van der Waals surface area contributed by atoms with Gasteiger partial charge in [0, 0.05) is 34.3 Å². The summed E-state index contributed by atoms with van der Waals surface area (Å²) in [5.74, 6) is 0.354. The Kier molecular flexibility index (Phi) is 7.21. The Morgan fingerprint density at radius 3 is 2.63 bits per heavy atom. The minimum atomic E-state index is 0. The molecule has 0 aromatic heterocycles. The summed E-state index contributed by atoms with van der Waals surface area (Å²) in [6.07, 6.45) is 0. The molecule has 1 atom stereocenters. The Morgan fingerprint density at radius 2 is 2.11 bits per heavy atom. The van der Waals surface area contributed by atoms with E-state index in [4.69, 9.17) is 0 Å². The fourth-order valence-electron chi connectivity index (χ4n) is 1.65. The minimum absolute atomic E-state index is 0. The van der Waals surface area contributed by atoms with Gasteiger partial charge in [-0.05, 0) is 24.3 Å². The topological polar surface area (TPSA) is 41.1 Å². The van der Waals surface area contributed by atoms with E-state index < -0.39 is 0 Å². The number of amides is 1. The lowest BCUT2D eigenvalue weighted by Gasteiger charge is -2.26. The van der Waals surface area contributed by atoms with Crippen LogP contribution in [0.15, 0.2) is 33.6 Å². The second-order valence-electron chi connectivity index (χ2n) is 4.48. The molecule has 1 saturated heterocycles. The zero-order valence-electron chi connectivity index (χ0n) is 10.7. The van der Waals surface area contributed by atoms with Crippen molar-refractivity contribution in [1.29, 1.82) is 0 Å². The number of halogens is 2. The molecule has 1 aromatic carbocycles. The number of rotatable bonds is 5. The molecule has 2 N–H and O–H groups in total. The normalized spacial score (nSPS) is 16.1. The summed E-state index contributed by atoms with van der Waals surface area (Å²) in [4.78, 5) is 12.9. The predicted molar refractivity (Wildman–Crippen MR) is 86.1 cm³/mol. The second-order valence-corrected chi connectivity index (χ2v) is 6.91. The maximum absolute atomic E-state index is 11.7. The number of nitrogens with one attached hydrogen (secondary N) is 2. The van der Waals surface area contributed by atoms with E-state index in [1.54, 1.807) is 11.8 Å². The SMILES string of the molecule is CC(CNC(=O)C1CNC1)Sc1ccc(Br)cc1.Cl. The lowest BCUT2D eigenvalue weighted by molar-refractivity contribution is -0.126. The van der Waals surface area contributed by atoms with Gasteiger partial charge in [-0.25, -0.2) is 0 Å². The maximum atomic E-state index is 11.7. The van der Waals surface area contributed by atoms with Crippen LogP contribution in [0.3, 0.4) is 0 Å². The first-order chi connectivity index (χ1) is 8.65. The van der Waals surface area contributed by atoms with E-state index in [-0.39, 0.29) is 24.2 Å². The van der Waals surface area contributed by atoms with Crippen molar-refractivity contribution in [2.24, 2.45) is 5.92 Å². The van der Waals surface area contributed by atoms with Gasteiger partial charge in [0.2, 0.25) is 5.91 Å². The smallest absolute Gasteiger partial charge is 0.225 e. The number of carbonyl (C=O) groups is 1. The number of hydrogen-bond donors (Lipinski definition) is 2. The van der Waals surface area contributed by atoms with E-state index in [1.165, 1.54) is 4.90 Å². The summed E-state index contributed by atoms with van der Waals surface area (Å²) in [5.41, 5.74) is 0. The van der Waals surface area contributed by atoms with Crippen molar-refractivity contribution in [3.8, 4) is 0 Å². The molecule has 19 heavy (non-hydrogen) atoms.